The molecule has 0 radical (unpaired) electrons. The highest BCUT2D eigenvalue weighted by molar-refractivity contribution is 6.09. The van der Waals surface area contributed by atoms with Crippen LogP contribution in [0.5, 0.6) is 11.5 Å². The van der Waals surface area contributed by atoms with E-state index in [1.807, 2.05) is 56.3 Å². The SMILES string of the molecule is CC(C)[C@H](NC(=O)CN1C(=O)N[C@]2(CCc3ccccc32)C1=O)c1ccc2c(c1)OCCCO2. The molecule has 2 aliphatic heterocycles. The number of hydrogen-bond donors (Lipinski definition) is 2. The molecule has 5 rings (SSSR count). The summed E-state index contributed by atoms with van der Waals surface area (Å²) >= 11 is 0. The summed E-state index contributed by atoms with van der Waals surface area (Å²) in [7, 11) is 0. The first kappa shape index (κ1) is 22.3. The molecule has 0 unspecified atom stereocenters. The van der Waals surface area contributed by atoms with Gasteiger partial charge in [-0.2, -0.15) is 0 Å². The molecule has 0 aromatic heterocycles. The van der Waals surface area contributed by atoms with Crippen LogP contribution in [0, 0.1) is 5.92 Å². The van der Waals surface area contributed by atoms with Crippen LogP contribution in [-0.4, -0.2) is 42.5 Å². The molecule has 178 valence electrons. The fraction of sp³-hybridized carbons (Fsp3) is 0.423. The van der Waals surface area contributed by atoms with Crippen LogP contribution < -0.4 is 20.1 Å². The van der Waals surface area contributed by atoms with Crippen molar-refractivity contribution in [2.45, 2.75) is 44.7 Å². The predicted octanol–water partition coefficient (Wildman–Crippen LogP) is 3.05. The first-order valence-electron chi connectivity index (χ1n) is 11.8. The minimum atomic E-state index is -1.07. The molecule has 2 aromatic carbocycles. The van der Waals surface area contributed by atoms with Gasteiger partial charge in [0.25, 0.3) is 5.91 Å². The highest BCUT2D eigenvalue weighted by atomic mass is 16.5. The predicted molar refractivity (Wildman–Crippen MR) is 124 cm³/mol. The number of ether oxygens (including phenoxy) is 2. The first-order valence-corrected chi connectivity index (χ1v) is 11.8. The van der Waals surface area contributed by atoms with E-state index in [1.165, 1.54) is 0 Å². The third kappa shape index (κ3) is 3.77. The Morgan fingerprint density at radius 2 is 1.88 bits per heavy atom. The summed E-state index contributed by atoms with van der Waals surface area (Å²) in [6.45, 7) is 4.86. The van der Waals surface area contributed by atoms with E-state index in [0.717, 1.165) is 28.0 Å². The Bertz CT molecular complexity index is 1150. The van der Waals surface area contributed by atoms with Crippen LogP contribution in [0.3, 0.4) is 0 Å². The van der Waals surface area contributed by atoms with Crippen LogP contribution in [0.15, 0.2) is 42.5 Å². The van der Waals surface area contributed by atoms with Gasteiger partial charge in [-0.3, -0.25) is 14.5 Å². The van der Waals surface area contributed by atoms with Gasteiger partial charge in [0.05, 0.1) is 19.3 Å². The monoisotopic (exact) mass is 463 g/mol. The van der Waals surface area contributed by atoms with Crippen LogP contribution >= 0.6 is 0 Å². The smallest absolute Gasteiger partial charge is 0.325 e. The number of urea groups is 1. The van der Waals surface area contributed by atoms with Gasteiger partial charge in [-0.25, -0.2) is 4.79 Å². The van der Waals surface area contributed by atoms with Crippen molar-refractivity contribution in [2.24, 2.45) is 5.92 Å². The molecule has 3 aliphatic rings. The quantitative estimate of drug-likeness (QED) is 0.665. The zero-order chi connectivity index (χ0) is 23.9. The maximum atomic E-state index is 13.4. The second kappa shape index (κ2) is 8.66. The minimum Gasteiger partial charge on any atom is -0.490 e. The van der Waals surface area contributed by atoms with E-state index in [-0.39, 0.29) is 24.4 Å². The largest absolute Gasteiger partial charge is 0.490 e. The summed E-state index contributed by atoms with van der Waals surface area (Å²) < 4.78 is 11.5. The fourth-order valence-corrected chi connectivity index (χ4v) is 5.10. The number of carbonyl (C=O) groups excluding carboxylic acids is 3. The van der Waals surface area contributed by atoms with Gasteiger partial charge in [0.1, 0.15) is 12.1 Å². The normalized spacial score (nSPS) is 21.9. The molecule has 1 saturated heterocycles. The van der Waals surface area contributed by atoms with Crippen molar-refractivity contribution >= 4 is 17.8 Å². The molecule has 2 atom stereocenters. The number of imide groups is 1. The highest BCUT2D eigenvalue weighted by Gasteiger charge is 2.55. The van der Waals surface area contributed by atoms with Gasteiger partial charge < -0.3 is 20.1 Å². The minimum absolute atomic E-state index is 0.0739. The molecule has 8 nitrogen and oxygen atoms in total. The second-order valence-electron chi connectivity index (χ2n) is 9.43. The average Bonchev–Trinajstić information content (AvgIpc) is 3.17. The molecule has 1 aliphatic carbocycles. The number of benzene rings is 2. The van der Waals surface area contributed by atoms with Crippen LogP contribution in [-0.2, 0) is 21.5 Å². The number of fused-ring (bicyclic) bond motifs is 3. The van der Waals surface area contributed by atoms with Crippen LogP contribution in [0.1, 0.15) is 49.4 Å². The van der Waals surface area contributed by atoms with Gasteiger partial charge in [0, 0.05) is 6.42 Å². The van der Waals surface area contributed by atoms with Crippen molar-refractivity contribution in [3.63, 3.8) is 0 Å². The third-order valence-electron chi connectivity index (χ3n) is 6.84. The first-order chi connectivity index (χ1) is 16.4. The second-order valence-corrected chi connectivity index (χ2v) is 9.43. The Balaban J connectivity index is 1.32. The van der Waals surface area contributed by atoms with Crippen molar-refractivity contribution in [3.8, 4) is 11.5 Å². The molecule has 2 N–H and O–H groups in total. The fourth-order valence-electron chi connectivity index (χ4n) is 5.10. The number of amides is 4. The maximum absolute atomic E-state index is 13.4. The lowest BCUT2D eigenvalue weighted by molar-refractivity contribution is -0.135. The van der Waals surface area contributed by atoms with Gasteiger partial charge in [-0.05, 0) is 47.6 Å². The van der Waals surface area contributed by atoms with Gasteiger partial charge in [0.15, 0.2) is 11.5 Å². The van der Waals surface area contributed by atoms with E-state index in [0.29, 0.717) is 37.6 Å². The highest BCUT2D eigenvalue weighted by Crippen LogP contribution is 2.41. The molecule has 2 heterocycles. The Morgan fingerprint density at radius 3 is 2.68 bits per heavy atom. The lowest BCUT2D eigenvalue weighted by Gasteiger charge is -2.25. The van der Waals surface area contributed by atoms with E-state index in [1.54, 1.807) is 0 Å². The van der Waals surface area contributed by atoms with Crippen molar-refractivity contribution < 1.29 is 23.9 Å². The van der Waals surface area contributed by atoms with Gasteiger partial charge in [0.2, 0.25) is 5.91 Å². The Labute approximate surface area is 198 Å². The molecule has 0 saturated carbocycles. The molecular formula is C26H29N3O5. The molecule has 1 fully saturated rings. The van der Waals surface area contributed by atoms with Crippen LogP contribution in [0.25, 0.3) is 0 Å². The van der Waals surface area contributed by atoms with Gasteiger partial charge in [-0.15, -0.1) is 0 Å². The van der Waals surface area contributed by atoms with E-state index < -0.39 is 17.5 Å². The van der Waals surface area contributed by atoms with E-state index >= 15 is 0 Å². The number of nitrogens with one attached hydrogen (secondary N) is 2. The van der Waals surface area contributed by atoms with Crippen molar-refractivity contribution in [2.75, 3.05) is 19.8 Å². The Kier molecular flexibility index (Phi) is 5.67. The lowest BCUT2D eigenvalue weighted by atomic mass is 9.92. The summed E-state index contributed by atoms with van der Waals surface area (Å²) in [6.07, 6.45) is 2.02. The molecule has 1 spiro atoms. The van der Waals surface area contributed by atoms with Gasteiger partial charge in [-0.1, -0.05) is 44.2 Å². The van der Waals surface area contributed by atoms with E-state index in [2.05, 4.69) is 10.6 Å². The number of hydrogen-bond acceptors (Lipinski definition) is 5. The maximum Gasteiger partial charge on any atom is 0.325 e. The lowest BCUT2D eigenvalue weighted by Crippen LogP contribution is -2.44. The average molecular weight is 464 g/mol. The molecule has 8 heteroatoms. The van der Waals surface area contributed by atoms with Crippen molar-refractivity contribution in [1.82, 2.24) is 15.5 Å². The summed E-state index contributed by atoms with van der Waals surface area (Å²) in [5.74, 6) is 0.666. The number of rotatable bonds is 5. The van der Waals surface area contributed by atoms with E-state index in [9.17, 15) is 14.4 Å². The molecule has 2 aromatic rings. The Morgan fingerprint density at radius 1 is 1.12 bits per heavy atom. The zero-order valence-electron chi connectivity index (χ0n) is 19.4. The van der Waals surface area contributed by atoms with Gasteiger partial charge >= 0.3 is 6.03 Å². The topological polar surface area (TPSA) is 97.0 Å². The summed E-state index contributed by atoms with van der Waals surface area (Å²) in [5, 5.41) is 5.88. The number of nitrogens with zero attached hydrogens (tertiary/aromatic N) is 1. The van der Waals surface area contributed by atoms with E-state index in [4.69, 9.17) is 9.47 Å². The number of aryl methyl sites for hydroxylation is 1. The molecule has 0 bridgehead atoms. The molecule has 34 heavy (non-hydrogen) atoms. The zero-order valence-corrected chi connectivity index (χ0v) is 19.4. The Hall–Kier alpha value is -3.55. The molecular weight excluding hydrogens is 434 g/mol. The summed E-state index contributed by atoms with van der Waals surface area (Å²) in [4.78, 5) is 40.2. The third-order valence-corrected chi connectivity index (χ3v) is 6.84. The van der Waals surface area contributed by atoms with Crippen LogP contribution in [0.2, 0.25) is 0 Å². The summed E-state index contributed by atoms with van der Waals surface area (Å²) in [5.41, 5.74) is 1.69. The van der Waals surface area contributed by atoms with Crippen molar-refractivity contribution in [3.05, 3.63) is 59.2 Å². The molecule has 4 amide bonds. The standard InChI is InChI=1S/C26H29N3O5/c1-16(2)23(18-8-9-20-21(14-18)34-13-5-12-33-20)27-22(30)15-29-24(31)26(28-25(29)32)11-10-17-6-3-4-7-19(17)26/h3-4,6-9,14,16,23H,5,10-13,15H2,1-2H3,(H,27,30)(H,28,32)/t23-,26-/m0/s1. The summed E-state index contributed by atoms with van der Waals surface area (Å²) in [6, 6.07) is 12.5. The van der Waals surface area contributed by atoms with Crippen molar-refractivity contribution in [1.29, 1.82) is 0 Å². The van der Waals surface area contributed by atoms with Crippen LogP contribution in [0.4, 0.5) is 4.79 Å². The number of carbonyl (C=O) groups is 3.